The first-order valence-corrected chi connectivity index (χ1v) is 18.3. The van der Waals surface area contributed by atoms with Gasteiger partial charge in [-0.2, -0.15) is 0 Å². The van der Waals surface area contributed by atoms with E-state index in [1.165, 1.54) is 11.1 Å². The van der Waals surface area contributed by atoms with E-state index >= 15 is 0 Å². The third-order valence-corrected chi connectivity index (χ3v) is 9.78. The lowest BCUT2D eigenvalue weighted by atomic mass is 9.84. The van der Waals surface area contributed by atoms with Gasteiger partial charge in [0.15, 0.2) is 0 Å². The molecule has 0 aromatic heterocycles. The summed E-state index contributed by atoms with van der Waals surface area (Å²) in [6, 6.07) is -1.62. The molecule has 2 saturated heterocycles. The summed E-state index contributed by atoms with van der Waals surface area (Å²) in [5, 5.41) is 6.15. The van der Waals surface area contributed by atoms with Crippen LogP contribution in [0.1, 0.15) is 121 Å². The first kappa shape index (κ1) is 41.2. The fourth-order valence-electron chi connectivity index (χ4n) is 6.81. The van der Waals surface area contributed by atoms with Crippen LogP contribution in [0.2, 0.25) is 0 Å². The second-order valence-corrected chi connectivity index (χ2v) is 16.0. The molecule has 2 fully saturated rings. The minimum Gasteiger partial charge on any atom is -0.351 e. The normalized spacial score (nSPS) is 20.8. The van der Waals surface area contributed by atoms with Crippen molar-refractivity contribution < 1.29 is 19.2 Å². The number of amides is 4. The summed E-state index contributed by atoms with van der Waals surface area (Å²) in [5.41, 5.74) is 2.51. The molecule has 1 unspecified atom stereocenters. The average Bonchev–Trinajstić information content (AvgIpc) is 3.50. The smallest absolute Gasteiger partial charge is 0.249 e. The molecule has 48 heavy (non-hydrogen) atoms. The van der Waals surface area contributed by atoms with E-state index < -0.39 is 17.5 Å². The zero-order valence-electron chi connectivity index (χ0n) is 32.2. The van der Waals surface area contributed by atoms with E-state index in [0.717, 1.165) is 45.1 Å². The van der Waals surface area contributed by atoms with Crippen molar-refractivity contribution >= 4 is 23.6 Å². The topological polar surface area (TPSA) is 102 Å². The molecular formula is C39H67N5O4. The van der Waals surface area contributed by atoms with Crippen LogP contribution in [0.25, 0.3) is 0 Å². The maximum Gasteiger partial charge on any atom is 0.249 e. The van der Waals surface area contributed by atoms with Crippen LogP contribution < -0.4 is 10.6 Å². The van der Waals surface area contributed by atoms with Gasteiger partial charge in [-0.3, -0.25) is 24.1 Å². The van der Waals surface area contributed by atoms with Gasteiger partial charge >= 0.3 is 0 Å². The molecule has 0 bridgehead atoms. The van der Waals surface area contributed by atoms with E-state index in [9.17, 15) is 19.2 Å². The van der Waals surface area contributed by atoms with Gasteiger partial charge in [-0.05, 0) is 97.9 Å². The summed E-state index contributed by atoms with van der Waals surface area (Å²) in [5.74, 6) is -0.578. The molecule has 9 nitrogen and oxygen atoms in total. The van der Waals surface area contributed by atoms with Crippen LogP contribution in [0.4, 0.5) is 0 Å². The highest BCUT2D eigenvalue weighted by molar-refractivity contribution is 5.97. The van der Waals surface area contributed by atoms with Crippen molar-refractivity contribution in [3.8, 4) is 0 Å². The van der Waals surface area contributed by atoms with E-state index in [1.807, 2.05) is 46.8 Å². The van der Waals surface area contributed by atoms with Gasteiger partial charge in [0.05, 0.1) is 12.1 Å². The Morgan fingerprint density at radius 1 is 0.875 bits per heavy atom. The van der Waals surface area contributed by atoms with Crippen LogP contribution in [-0.4, -0.2) is 95.2 Å². The highest BCUT2D eigenvalue weighted by atomic mass is 16.2. The lowest BCUT2D eigenvalue weighted by Gasteiger charge is -2.41. The van der Waals surface area contributed by atoms with Gasteiger partial charge in [0.2, 0.25) is 23.6 Å². The number of carbonyl (C=O) groups is 4. The number of piperidine rings is 1. The van der Waals surface area contributed by atoms with Gasteiger partial charge in [-0.25, -0.2) is 0 Å². The van der Waals surface area contributed by atoms with Crippen molar-refractivity contribution in [2.45, 2.75) is 151 Å². The molecular weight excluding hydrogens is 602 g/mol. The third kappa shape index (κ3) is 11.9. The van der Waals surface area contributed by atoms with Crippen molar-refractivity contribution in [2.75, 3.05) is 26.7 Å². The Balaban J connectivity index is 2.17. The van der Waals surface area contributed by atoms with Gasteiger partial charge in [-0.15, -0.1) is 0 Å². The summed E-state index contributed by atoms with van der Waals surface area (Å²) in [7, 11) is 1.76. The predicted octanol–water partition coefficient (Wildman–Crippen LogP) is 6.01. The standard InChI is InChI=1S/C39H67N5O4/c1-26(2)17-15-18-29(7)21-22-40-35(45)31-20-16-24-44(31)37(47)30(8)25-33(27(3)4)42(12)38(48)34(39(9,10)11)41-36(46)32-19-13-14-23-43(32)28(5)6/h17,21,25,27-28,31-34H,13-16,18-20,22-24H2,1-12H3,(H,40,45)(H,41,46)/t31-,32?,33+,34+/m0/s1. The third-order valence-electron chi connectivity index (χ3n) is 9.78. The fraction of sp³-hybridized carbons (Fsp3) is 0.744. The highest BCUT2D eigenvalue weighted by Crippen LogP contribution is 2.27. The van der Waals surface area contributed by atoms with Gasteiger partial charge < -0.3 is 20.4 Å². The Morgan fingerprint density at radius 2 is 1.52 bits per heavy atom. The van der Waals surface area contributed by atoms with Crippen molar-refractivity contribution in [1.82, 2.24) is 25.3 Å². The van der Waals surface area contributed by atoms with E-state index in [-0.39, 0.29) is 47.7 Å². The molecule has 272 valence electrons. The second-order valence-electron chi connectivity index (χ2n) is 16.0. The number of nitrogens with one attached hydrogen (secondary N) is 2. The van der Waals surface area contributed by atoms with Crippen molar-refractivity contribution in [3.05, 3.63) is 34.9 Å². The molecule has 2 aliphatic heterocycles. The summed E-state index contributed by atoms with van der Waals surface area (Å²) in [6.45, 7) is 24.1. The number of likely N-dealkylation sites (N-methyl/N-ethyl adjacent to an activating group) is 1. The minimum absolute atomic E-state index is 0.0113. The molecule has 0 aliphatic carbocycles. The summed E-state index contributed by atoms with van der Waals surface area (Å²) >= 11 is 0. The van der Waals surface area contributed by atoms with Crippen LogP contribution in [-0.2, 0) is 19.2 Å². The van der Waals surface area contributed by atoms with Gasteiger partial charge in [0.25, 0.3) is 0 Å². The fourth-order valence-corrected chi connectivity index (χ4v) is 6.81. The number of carbonyl (C=O) groups excluding carboxylic acids is 4. The van der Waals surface area contributed by atoms with Crippen molar-refractivity contribution in [2.24, 2.45) is 11.3 Å². The van der Waals surface area contributed by atoms with E-state index in [4.69, 9.17) is 0 Å². The first-order chi connectivity index (χ1) is 22.4. The molecule has 0 aromatic rings. The van der Waals surface area contributed by atoms with Crippen LogP contribution in [0.15, 0.2) is 34.9 Å². The second kappa shape index (κ2) is 18.7. The van der Waals surface area contributed by atoms with Crippen LogP contribution in [0.5, 0.6) is 0 Å². The maximum absolute atomic E-state index is 14.2. The Bertz CT molecular complexity index is 1210. The van der Waals surface area contributed by atoms with Gasteiger partial charge in [-0.1, -0.05) is 70.4 Å². The van der Waals surface area contributed by atoms with E-state index in [1.54, 1.807) is 23.8 Å². The van der Waals surface area contributed by atoms with Crippen molar-refractivity contribution in [1.29, 1.82) is 0 Å². The Labute approximate surface area is 292 Å². The molecule has 0 aromatic carbocycles. The molecule has 2 aliphatic rings. The van der Waals surface area contributed by atoms with E-state index in [0.29, 0.717) is 25.1 Å². The first-order valence-electron chi connectivity index (χ1n) is 18.3. The number of likely N-dealkylation sites (tertiary alicyclic amines) is 2. The number of allylic oxidation sites excluding steroid dienone is 3. The predicted molar refractivity (Wildman–Crippen MR) is 196 cm³/mol. The van der Waals surface area contributed by atoms with Crippen LogP contribution >= 0.6 is 0 Å². The molecule has 0 radical (unpaired) electrons. The maximum atomic E-state index is 14.2. The van der Waals surface area contributed by atoms with Crippen LogP contribution in [0.3, 0.4) is 0 Å². The lowest BCUT2D eigenvalue weighted by Crippen LogP contribution is -2.60. The Morgan fingerprint density at radius 3 is 2.10 bits per heavy atom. The zero-order valence-corrected chi connectivity index (χ0v) is 32.2. The number of nitrogens with zero attached hydrogens (tertiary/aromatic N) is 3. The minimum atomic E-state index is -0.729. The molecule has 4 amide bonds. The Hall–Kier alpha value is -2.94. The molecule has 9 heteroatoms. The van der Waals surface area contributed by atoms with E-state index in [2.05, 4.69) is 56.2 Å². The molecule has 2 heterocycles. The monoisotopic (exact) mass is 670 g/mol. The molecule has 4 atom stereocenters. The highest BCUT2D eigenvalue weighted by Gasteiger charge is 2.40. The summed E-state index contributed by atoms with van der Waals surface area (Å²) in [4.78, 5) is 60.3. The van der Waals surface area contributed by atoms with Gasteiger partial charge in [0, 0.05) is 31.8 Å². The Kier molecular flexibility index (Phi) is 16.1. The number of hydrogen-bond donors (Lipinski definition) is 2. The average molecular weight is 670 g/mol. The van der Waals surface area contributed by atoms with Crippen LogP contribution in [0, 0.1) is 11.3 Å². The zero-order chi connectivity index (χ0) is 36.3. The SMILES string of the molecule is CC(C)=CCCC(C)=CCNC(=O)[C@@H]1CCCN1C(=O)C(C)=C[C@H](C(C)C)N(C)C(=O)[C@@H](NC(=O)C1CCCCN1C(C)C)C(C)(C)C. The largest absolute Gasteiger partial charge is 0.351 e. The molecule has 2 rings (SSSR count). The summed E-state index contributed by atoms with van der Waals surface area (Å²) < 4.78 is 0. The van der Waals surface area contributed by atoms with Gasteiger partial charge in [0.1, 0.15) is 12.1 Å². The molecule has 2 N–H and O–H groups in total. The molecule has 0 spiro atoms. The van der Waals surface area contributed by atoms with Crippen molar-refractivity contribution in [3.63, 3.8) is 0 Å². The lowest BCUT2D eigenvalue weighted by molar-refractivity contribution is -0.142. The number of hydrogen-bond acceptors (Lipinski definition) is 5. The number of rotatable bonds is 14. The summed E-state index contributed by atoms with van der Waals surface area (Å²) in [6.07, 6.45) is 12.3. The quantitative estimate of drug-likeness (QED) is 0.174. The molecule has 0 saturated carbocycles.